The minimum Gasteiger partial charge on any atom is -0.436 e. The van der Waals surface area contributed by atoms with E-state index in [9.17, 15) is 0 Å². The Balaban J connectivity index is 1.29. The van der Waals surface area contributed by atoms with Gasteiger partial charge in [0.25, 0.3) is 0 Å². The number of rotatable bonds is 4. The highest BCUT2D eigenvalue weighted by Gasteiger charge is 2.51. The maximum atomic E-state index is 6.38. The number of benzene rings is 4. The summed E-state index contributed by atoms with van der Waals surface area (Å²) >= 11 is 0. The number of aromatic nitrogens is 1. The minimum absolute atomic E-state index is 0.0604. The Morgan fingerprint density at radius 1 is 0.744 bits per heavy atom. The number of hydrogen-bond donors (Lipinski definition) is 0. The van der Waals surface area contributed by atoms with Crippen molar-refractivity contribution in [3.63, 3.8) is 0 Å². The van der Waals surface area contributed by atoms with Crippen molar-refractivity contribution in [1.82, 2.24) is 4.98 Å². The van der Waals surface area contributed by atoms with Crippen LogP contribution in [0.1, 0.15) is 44.7 Å². The van der Waals surface area contributed by atoms with Crippen molar-refractivity contribution in [3.05, 3.63) is 137 Å². The zero-order valence-electron chi connectivity index (χ0n) is 24.7. The minimum atomic E-state index is -0.432. The van der Waals surface area contributed by atoms with Gasteiger partial charge < -0.3 is 13.7 Å². The van der Waals surface area contributed by atoms with Crippen LogP contribution in [0.5, 0.6) is 0 Å². The van der Waals surface area contributed by atoms with Gasteiger partial charge in [0, 0.05) is 22.3 Å². The van der Waals surface area contributed by atoms with Gasteiger partial charge >= 0.3 is 7.12 Å². The molecule has 1 saturated heterocycles. The maximum absolute atomic E-state index is 6.38. The predicted octanol–water partition coefficient (Wildman–Crippen LogP) is 6.34. The number of allylic oxidation sites excluding steroid dienone is 4. The second-order valence-electron chi connectivity index (χ2n) is 12.5. The van der Waals surface area contributed by atoms with Crippen LogP contribution in [-0.2, 0) is 9.31 Å². The van der Waals surface area contributed by atoms with Gasteiger partial charge in [0.15, 0.2) is 5.58 Å². The molecule has 0 spiro atoms. The first-order valence-corrected chi connectivity index (χ1v) is 14.8. The average molecular weight is 562 g/mol. The second-order valence-corrected chi connectivity index (χ2v) is 12.5. The van der Waals surface area contributed by atoms with E-state index in [2.05, 4.69) is 107 Å². The molecule has 1 fully saturated rings. The summed E-state index contributed by atoms with van der Waals surface area (Å²) in [5.41, 5.74) is 8.23. The van der Waals surface area contributed by atoms with Crippen molar-refractivity contribution >= 4 is 34.8 Å². The highest BCUT2D eigenvalue weighted by atomic mass is 16.7. The van der Waals surface area contributed by atoms with Crippen LogP contribution in [0.4, 0.5) is 0 Å². The molecule has 0 radical (unpaired) electrons. The molecule has 3 aliphatic rings. The van der Waals surface area contributed by atoms with Crippen LogP contribution in [0.15, 0.2) is 124 Å². The van der Waals surface area contributed by atoms with E-state index in [-0.39, 0.29) is 5.92 Å². The van der Waals surface area contributed by atoms with Crippen molar-refractivity contribution in [2.75, 3.05) is 0 Å². The van der Waals surface area contributed by atoms with Crippen molar-refractivity contribution in [2.24, 2.45) is 4.99 Å². The molecule has 1 atom stereocenters. The average Bonchev–Trinajstić information content (AvgIpc) is 3.67. The molecule has 0 saturated carbocycles. The summed E-state index contributed by atoms with van der Waals surface area (Å²) in [6.45, 7) is 8.33. The fourth-order valence-electron chi connectivity index (χ4n) is 6.17. The van der Waals surface area contributed by atoms with Gasteiger partial charge in [0.05, 0.1) is 22.3 Å². The van der Waals surface area contributed by atoms with Crippen LogP contribution in [0.25, 0.3) is 33.7 Å². The molecule has 210 valence electrons. The Kier molecular flexibility index (Phi) is 5.77. The molecule has 1 aromatic heterocycles. The lowest BCUT2D eigenvalue weighted by atomic mass is 9.76. The third-order valence-corrected chi connectivity index (χ3v) is 9.21. The van der Waals surface area contributed by atoms with Gasteiger partial charge in [-0.3, -0.25) is 0 Å². The molecule has 43 heavy (non-hydrogen) atoms. The molecule has 4 aromatic carbocycles. The Bertz CT molecular complexity index is 2080. The second kappa shape index (κ2) is 9.50. The van der Waals surface area contributed by atoms with E-state index >= 15 is 0 Å². The van der Waals surface area contributed by atoms with E-state index in [0.29, 0.717) is 5.89 Å². The molecule has 2 aliphatic heterocycles. The lowest BCUT2D eigenvalue weighted by molar-refractivity contribution is 0.00578. The standard InChI is InChI=1S/C37H31BN2O3/c1-36(2)37(3,4)43-38(42-36)26-17-11-16-25(20-26)28-19-18-27(23-12-7-5-8-13-23)33-29-21-32-31(22-30(29)39-34(28)33)40-35(41-32)24-14-9-6-10-15-24/h5-22,27H,1-4H3. The number of nitrogens with zero attached hydrogens (tertiary/aromatic N) is 2. The van der Waals surface area contributed by atoms with Crippen LogP contribution >= 0.6 is 0 Å². The Morgan fingerprint density at radius 3 is 2.19 bits per heavy atom. The molecular formula is C37H31BN2O3. The van der Waals surface area contributed by atoms with Crippen LogP contribution < -0.4 is 16.0 Å². The topological polar surface area (TPSA) is 56.9 Å². The summed E-state index contributed by atoms with van der Waals surface area (Å²) < 4.78 is 19.0. The first-order chi connectivity index (χ1) is 20.8. The van der Waals surface area contributed by atoms with E-state index in [1.165, 1.54) is 11.1 Å². The molecule has 0 amide bonds. The van der Waals surface area contributed by atoms with Crippen LogP contribution in [0.2, 0.25) is 0 Å². The predicted molar refractivity (Wildman–Crippen MR) is 171 cm³/mol. The molecule has 1 aliphatic carbocycles. The fraction of sp³-hybridized carbons (Fsp3) is 0.189. The van der Waals surface area contributed by atoms with Gasteiger partial charge in [-0.05, 0) is 74.1 Å². The lowest BCUT2D eigenvalue weighted by Gasteiger charge is -2.32. The van der Waals surface area contributed by atoms with Gasteiger partial charge in [-0.2, -0.15) is 0 Å². The van der Waals surface area contributed by atoms with Crippen LogP contribution in [0.3, 0.4) is 0 Å². The smallest absolute Gasteiger partial charge is 0.436 e. The zero-order valence-corrected chi connectivity index (χ0v) is 24.7. The molecule has 1 unspecified atom stereocenters. The van der Waals surface area contributed by atoms with Gasteiger partial charge in [0.2, 0.25) is 5.89 Å². The fourth-order valence-corrected chi connectivity index (χ4v) is 6.17. The van der Waals surface area contributed by atoms with Crippen molar-refractivity contribution in [2.45, 2.75) is 44.8 Å². The van der Waals surface area contributed by atoms with Gasteiger partial charge in [0.1, 0.15) is 5.52 Å². The largest absolute Gasteiger partial charge is 0.494 e. The molecule has 5 nitrogen and oxygen atoms in total. The number of oxazole rings is 1. The summed E-state index contributed by atoms with van der Waals surface area (Å²) in [7, 11) is -0.432. The van der Waals surface area contributed by atoms with Crippen molar-refractivity contribution in [1.29, 1.82) is 0 Å². The van der Waals surface area contributed by atoms with E-state index in [1.54, 1.807) is 0 Å². The van der Waals surface area contributed by atoms with E-state index in [4.69, 9.17) is 23.7 Å². The molecule has 0 N–H and O–H groups in total. The first-order valence-electron chi connectivity index (χ1n) is 14.8. The number of fused-ring (bicyclic) bond motifs is 3. The quantitative estimate of drug-likeness (QED) is 0.240. The Morgan fingerprint density at radius 2 is 1.44 bits per heavy atom. The zero-order chi connectivity index (χ0) is 29.3. The van der Waals surface area contributed by atoms with Crippen molar-refractivity contribution < 1.29 is 13.7 Å². The summed E-state index contributed by atoms with van der Waals surface area (Å²) in [5, 5.41) is 1.99. The normalized spacial score (nSPS) is 20.0. The van der Waals surface area contributed by atoms with E-state index in [0.717, 1.165) is 49.5 Å². The van der Waals surface area contributed by atoms with Crippen molar-refractivity contribution in [3.8, 4) is 11.5 Å². The first kappa shape index (κ1) is 26.1. The molecule has 0 bridgehead atoms. The summed E-state index contributed by atoms with van der Waals surface area (Å²) in [6, 6.07) is 33.2. The maximum Gasteiger partial charge on any atom is 0.494 e. The highest BCUT2D eigenvalue weighted by Crippen LogP contribution is 2.42. The van der Waals surface area contributed by atoms with Crippen LogP contribution in [-0.4, -0.2) is 23.3 Å². The lowest BCUT2D eigenvalue weighted by Crippen LogP contribution is -2.41. The SMILES string of the molecule is CC1(C)OB(c2cccc(C3=C4N=c5cc6nc(-c7ccccc7)oc6cc5=C4C(c4ccccc4)C=C3)c2)OC1(C)C. The van der Waals surface area contributed by atoms with Gasteiger partial charge in [-0.15, -0.1) is 0 Å². The van der Waals surface area contributed by atoms with E-state index < -0.39 is 18.3 Å². The molecular weight excluding hydrogens is 531 g/mol. The molecule has 3 heterocycles. The summed E-state index contributed by atoms with van der Waals surface area (Å²) in [4.78, 5) is 10.1. The summed E-state index contributed by atoms with van der Waals surface area (Å²) in [5.74, 6) is 0.675. The number of hydrogen-bond acceptors (Lipinski definition) is 5. The summed E-state index contributed by atoms with van der Waals surface area (Å²) in [6.07, 6.45) is 4.50. The molecule has 5 aromatic rings. The highest BCUT2D eigenvalue weighted by molar-refractivity contribution is 6.62. The molecule has 8 rings (SSSR count). The van der Waals surface area contributed by atoms with Crippen LogP contribution in [0, 0.1) is 0 Å². The third kappa shape index (κ3) is 4.24. The molecule has 6 heteroatoms. The van der Waals surface area contributed by atoms with Gasteiger partial charge in [-0.1, -0.05) is 84.9 Å². The van der Waals surface area contributed by atoms with Gasteiger partial charge in [-0.25, -0.2) is 9.98 Å². The third-order valence-electron chi connectivity index (χ3n) is 9.21. The monoisotopic (exact) mass is 562 g/mol. The Labute approximate surface area is 251 Å². The van der Waals surface area contributed by atoms with E-state index in [1.807, 2.05) is 30.3 Å². The Hall–Kier alpha value is -4.52.